The molecule has 1 heteroatoms. The maximum absolute atomic E-state index is 3.70. The van der Waals surface area contributed by atoms with E-state index >= 15 is 0 Å². The van der Waals surface area contributed by atoms with Crippen LogP contribution in [0.4, 0.5) is 0 Å². The lowest BCUT2D eigenvalue weighted by molar-refractivity contribution is 0.160. The first-order chi connectivity index (χ1) is 8.20. The van der Waals surface area contributed by atoms with Crippen LogP contribution in [0.25, 0.3) is 0 Å². The zero-order chi connectivity index (χ0) is 12.3. The van der Waals surface area contributed by atoms with Gasteiger partial charge in [-0.05, 0) is 49.5 Å². The third-order valence-electron chi connectivity index (χ3n) is 5.35. The molecule has 0 aromatic heterocycles. The third-order valence-corrected chi connectivity index (χ3v) is 5.35. The fourth-order valence-corrected chi connectivity index (χ4v) is 3.47. The van der Waals surface area contributed by atoms with Crippen LogP contribution in [0.1, 0.15) is 65.7 Å². The second kappa shape index (κ2) is 6.22. The molecule has 4 unspecified atom stereocenters. The highest BCUT2D eigenvalue weighted by atomic mass is 14.9. The fourth-order valence-electron chi connectivity index (χ4n) is 3.47. The zero-order valence-corrected chi connectivity index (χ0v) is 12.0. The van der Waals surface area contributed by atoms with E-state index in [9.17, 15) is 0 Å². The molecular formula is C16H31N. The van der Waals surface area contributed by atoms with Crippen molar-refractivity contribution in [2.75, 3.05) is 6.54 Å². The van der Waals surface area contributed by atoms with Gasteiger partial charge in [-0.15, -0.1) is 0 Å². The van der Waals surface area contributed by atoms with Crippen LogP contribution in [0.15, 0.2) is 0 Å². The average Bonchev–Trinajstić information content (AvgIpc) is 3.19. The van der Waals surface area contributed by atoms with Crippen molar-refractivity contribution in [1.29, 1.82) is 0 Å². The van der Waals surface area contributed by atoms with Crippen LogP contribution in [0.5, 0.6) is 0 Å². The Morgan fingerprint density at radius 1 is 1.12 bits per heavy atom. The largest absolute Gasteiger partial charge is 0.314 e. The number of rotatable bonds is 6. The van der Waals surface area contributed by atoms with Crippen LogP contribution in [0.2, 0.25) is 0 Å². The van der Waals surface area contributed by atoms with Gasteiger partial charge in [-0.3, -0.25) is 0 Å². The molecule has 1 N–H and O–H groups in total. The Bertz CT molecular complexity index is 222. The molecule has 0 aliphatic heterocycles. The van der Waals surface area contributed by atoms with Gasteiger partial charge in [0, 0.05) is 6.04 Å². The van der Waals surface area contributed by atoms with E-state index in [0.29, 0.717) is 0 Å². The van der Waals surface area contributed by atoms with E-state index in [4.69, 9.17) is 0 Å². The summed E-state index contributed by atoms with van der Waals surface area (Å²) in [5, 5.41) is 3.70. The summed E-state index contributed by atoms with van der Waals surface area (Å²) in [7, 11) is 0. The van der Waals surface area contributed by atoms with Crippen molar-refractivity contribution in [3.8, 4) is 0 Å². The summed E-state index contributed by atoms with van der Waals surface area (Å²) in [5.41, 5.74) is 0. The Morgan fingerprint density at radius 3 is 2.53 bits per heavy atom. The molecule has 0 bridgehead atoms. The maximum atomic E-state index is 3.70. The summed E-state index contributed by atoms with van der Waals surface area (Å²) in [6.45, 7) is 8.58. The van der Waals surface area contributed by atoms with E-state index in [-0.39, 0.29) is 0 Å². The first-order valence-corrected chi connectivity index (χ1v) is 7.94. The summed E-state index contributed by atoms with van der Waals surface area (Å²) in [4.78, 5) is 0. The van der Waals surface area contributed by atoms with E-state index < -0.39 is 0 Å². The van der Waals surface area contributed by atoms with Gasteiger partial charge < -0.3 is 5.32 Å². The Balaban J connectivity index is 1.74. The topological polar surface area (TPSA) is 12.0 Å². The SMILES string of the molecule is CCC1CCCC(C(C)C(C)CNC2CC2)C1. The minimum absolute atomic E-state index is 0.858. The summed E-state index contributed by atoms with van der Waals surface area (Å²) in [6.07, 6.45) is 10.2. The van der Waals surface area contributed by atoms with Crippen molar-refractivity contribution in [3.05, 3.63) is 0 Å². The second-order valence-corrected chi connectivity index (χ2v) is 6.72. The van der Waals surface area contributed by atoms with Gasteiger partial charge in [0.15, 0.2) is 0 Å². The van der Waals surface area contributed by atoms with E-state index in [1.807, 2.05) is 0 Å². The lowest BCUT2D eigenvalue weighted by Crippen LogP contribution is -2.32. The van der Waals surface area contributed by atoms with E-state index in [0.717, 1.165) is 29.7 Å². The van der Waals surface area contributed by atoms with Crippen LogP contribution in [-0.2, 0) is 0 Å². The van der Waals surface area contributed by atoms with Crippen molar-refractivity contribution in [1.82, 2.24) is 5.32 Å². The summed E-state index contributed by atoms with van der Waals surface area (Å²) >= 11 is 0. The second-order valence-electron chi connectivity index (χ2n) is 6.72. The smallest absolute Gasteiger partial charge is 0.00683 e. The van der Waals surface area contributed by atoms with Gasteiger partial charge >= 0.3 is 0 Å². The van der Waals surface area contributed by atoms with Gasteiger partial charge in [-0.25, -0.2) is 0 Å². The van der Waals surface area contributed by atoms with Crippen molar-refractivity contribution >= 4 is 0 Å². The number of hydrogen-bond acceptors (Lipinski definition) is 1. The van der Waals surface area contributed by atoms with Crippen molar-refractivity contribution < 1.29 is 0 Å². The minimum atomic E-state index is 0.858. The minimum Gasteiger partial charge on any atom is -0.314 e. The molecule has 2 aliphatic carbocycles. The molecule has 0 aromatic carbocycles. The zero-order valence-electron chi connectivity index (χ0n) is 12.0. The molecule has 4 atom stereocenters. The van der Waals surface area contributed by atoms with Crippen LogP contribution in [0.3, 0.4) is 0 Å². The van der Waals surface area contributed by atoms with Crippen molar-refractivity contribution in [3.63, 3.8) is 0 Å². The molecule has 0 saturated heterocycles. The van der Waals surface area contributed by atoms with Gasteiger partial charge in [0.05, 0.1) is 0 Å². The lowest BCUT2D eigenvalue weighted by atomic mass is 9.71. The van der Waals surface area contributed by atoms with Gasteiger partial charge in [0.1, 0.15) is 0 Å². The summed E-state index contributed by atoms with van der Waals surface area (Å²) < 4.78 is 0. The Labute approximate surface area is 108 Å². The number of nitrogens with one attached hydrogen (secondary N) is 1. The van der Waals surface area contributed by atoms with E-state index in [1.54, 1.807) is 0 Å². The summed E-state index contributed by atoms with van der Waals surface area (Å²) in [6, 6.07) is 0.874. The predicted molar refractivity (Wildman–Crippen MR) is 75.1 cm³/mol. The molecule has 2 aliphatic rings. The predicted octanol–water partition coefficient (Wildman–Crippen LogP) is 4.23. The molecule has 0 amide bonds. The monoisotopic (exact) mass is 237 g/mol. The van der Waals surface area contributed by atoms with E-state index in [1.165, 1.54) is 51.5 Å². The highest BCUT2D eigenvalue weighted by Crippen LogP contribution is 2.37. The van der Waals surface area contributed by atoms with Crippen molar-refractivity contribution in [2.45, 2.75) is 71.8 Å². The molecule has 0 radical (unpaired) electrons. The maximum Gasteiger partial charge on any atom is 0.00683 e. The first-order valence-electron chi connectivity index (χ1n) is 7.94. The normalized spacial score (nSPS) is 33.4. The molecule has 0 spiro atoms. The third kappa shape index (κ3) is 3.98. The molecule has 100 valence electrons. The quantitative estimate of drug-likeness (QED) is 0.729. The Hall–Kier alpha value is -0.0400. The van der Waals surface area contributed by atoms with Gasteiger partial charge in [-0.2, -0.15) is 0 Å². The van der Waals surface area contributed by atoms with E-state index in [2.05, 4.69) is 26.1 Å². The highest BCUT2D eigenvalue weighted by Gasteiger charge is 2.29. The van der Waals surface area contributed by atoms with Crippen molar-refractivity contribution in [2.24, 2.45) is 23.7 Å². The van der Waals surface area contributed by atoms with Gasteiger partial charge in [0.25, 0.3) is 0 Å². The Kier molecular flexibility index (Phi) is 4.90. The molecule has 0 aromatic rings. The molecule has 2 fully saturated rings. The fraction of sp³-hybridized carbons (Fsp3) is 1.00. The number of hydrogen-bond donors (Lipinski definition) is 1. The Morgan fingerprint density at radius 2 is 1.88 bits per heavy atom. The molecule has 2 rings (SSSR count). The van der Waals surface area contributed by atoms with Gasteiger partial charge in [0.2, 0.25) is 0 Å². The summed E-state index contributed by atoms with van der Waals surface area (Å²) in [5.74, 6) is 3.80. The van der Waals surface area contributed by atoms with Crippen LogP contribution < -0.4 is 5.32 Å². The molecule has 2 saturated carbocycles. The molecule has 0 heterocycles. The molecule has 17 heavy (non-hydrogen) atoms. The van der Waals surface area contributed by atoms with Crippen LogP contribution in [0, 0.1) is 23.7 Å². The van der Waals surface area contributed by atoms with Crippen LogP contribution in [-0.4, -0.2) is 12.6 Å². The molecule has 1 nitrogen and oxygen atoms in total. The molecular weight excluding hydrogens is 206 g/mol. The van der Waals surface area contributed by atoms with Gasteiger partial charge in [-0.1, -0.05) is 46.5 Å². The lowest BCUT2D eigenvalue weighted by Gasteiger charge is -2.35. The first kappa shape index (κ1) is 13.4. The van der Waals surface area contributed by atoms with Crippen LogP contribution >= 0.6 is 0 Å². The highest BCUT2D eigenvalue weighted by molar-refractivity contribution is 4.84. The standard InChI is InChI=1S/C16H31N/c1-4-14-6-5-7-15(10-14)13(3)12(2)11-17-16-8-9-16/h12-17H,4-11H2,1-3H3. The average molecular weight is 237 g/mol.